The molecule has 0 bridgehead atoms. The van der Waals surface area contributed by atoms with Crippen LogP contribution in [-0.2, 0) is 9.53 Å². The molecule has 2 heteroatoms. The predicted molar refractivity (Wildman–Crippen MR) is 77.6 cm³/mol. The Bertz CT molecular complexity index is 233. The Hall–Kier alpha value is -0.790. The predicted octanol–water partition coefficient (Wildman–Crippen LogP) is 5.03. The van der Waals surface area contributed by atoms with Crippen LogP contribution in [0.4, 0.5) is 0 Å². The number of esters is 1. The summed E-state index contributed by atoms with van der Waals surface area (Å²) in [6, 6.07) is 0. The summed E-state index contributed by atoms with van der Waals surface area (Å²) in [5.74, 6) is -0.262. The SMILES string of the molecule is C=C(C)C(=O)OC(C)CCCCCCCCCC. The zero-order valence-corrected chi connectivity index (χ0v) is 12.5. The highest BCUT2D eigenvalue weighted by Crippen LogP contribution is 2.12. The molecule has 0 aliphatic heterocycles. The number of carbonyl (C=O) groups is 1. The fourth-order valence-electron chi connectivity index (χ4n) is 1.91. The maximum absolute atomic E-state index is 11.3. The van der Waals surface area contributed by atoms with E-state index in [1.807, 2.05) is 6.92 Å². The molecule has 0 saturated carbocycles. The first kappa shape index (κ1) is 17.2. The molecule has 1 atom stereocenters. The van der Waals surface area contributed by atoms with Gasteiger partial charge in [-0.25, -0.2) is 4.79 Å². The Morgan fingerprint density at radius 1 is 1.06 bits per heavy atom. The first-order valence-corrected chi connectivity index (χ1v) is 7.44. The van der Waals surface area contributed by atoms with Crippen LogP contribution in [0.3, 0.4) is 0 Å². The van der Waals surface area contributed by atoms with Crippen LogP contribution in [0.25, 0.3) is 0 Å². The average Bonchev–Trinajstić information content (AvgIpc) is 2.32. The fraction of sp³-hybridized carbons (Fsp3) is 0.812. The number of hydrogen-bond acceptors (Lipinski definition) is 2. The Labute approximate surface area is 113 Å². The third-order valence-electron chi connectivity index (χ3n) is 3.12. The highest BCUT2D eigenvalue weighted by atomic mass is 16.5. The lowest BCUT2D eigenvalue weighted by Crippen LogP contribution is -2.15. The van der Waals surface area contributed by atoms with Gasteiger partial charge in [-0.05, 0) is 26.7 Å². The van der Waals surface area contributed by atoms with Crippen molar-refractivity contribution >= 4 is 5.97 Å². The molecule has 0 saturated heterocycles. The Morgan fingerprint density at radius 2 is 1.56 bits per heavy atom. The first-order chi connectivity index (χ1) is 8.57. The van der Waals surface area contributed by atoms with Crippen LogP contribution in [0.15, 0.2) is 12.2 Å². The summed E-state index contributed by atoms with van der Waals surface area (Å²) in [6.07, 6.45) is 11.5. The lowest BCUT2D eigenvalue weighted by molar-refractivity contribution is -0.143. The maximum Gasteiger partial charge on any atom is 0.333 e. The van der Waals surface area contributed by atoms with E-state index in [9.17, 15) is 4.79 Å². The fourth-order valence-corrected chi connectivity index (χ4v) is 1.91. The van der Waals surface area contributed by atoms with E-state index in [-0.39, 0.29) is 12.1 Å². The van der Waals surface area contributed by atoms with Crippen LogP contribution in [0.5, 0.6) is 0 Å². The van der Waals surface area contributed by atoms with E-state index < -0.39 is 0 Å². The van der Waals surface area contributed by atoms with Gasteiger partial charge in [0.15, 0.2) is 0 Å². The second-order valence-electron chi connectivity index (χ2n) is 5.26. The molecule has 0 radical (unpaired) electrons. The molecule has 0 aromatic carbocycles. The number of unbranched alkanes of at least 4 members (excludes halogenated alkanes) is 7. The van der Waals surface area contributed by atoms with Crippen LogP contribution in [0.2, 0.25) is 0 Å². The summed E-state index contributed by atoms with van der Waals surface area (Å²) in [5, 5.41) is 0. The molecule has 1 unspecified atom stereocenters. The molecule has 0 aromatic heterocycles. The zero-order valence-electron chi connectivity index (χ0n) is 12.5. The van der Waals surface area contributed by atoms with Gasteiger partial charge in [0.1, 0.15) is 0 Å². The van der Waals surface area contributed by atoms with Crippen LogP contribution in [0.1, 0.15) is 78.6 Å². The minimum absolute atomic E-state index is 0.0225. The highest BCUT2D eigenvalue weighted by molar-refractivity contribution is 5.87. The summed E-state index contributed by atoms with van der Waals surface area (Å²) >= 11 is 0. The molecule has 0 spiro atoms. The molecule has 2 nitrogen and oxygen atoms in total. The van der Waals surface area contributed by atoms with Crippen LogP contribution < -0.4 is 0 Å². The molecule has 0 aliphatic carbocycles. The topological polar surface area (TPSA) is 26.3 Å². The van der Waals surface area contributed by atoms with Gasteiger partial charge in [0.25, 0.3) is 0 Å². The Kier molecular flexibility index (Phi) is 10.8. The lowest BCUT2D eigenvalue weighted by atomic mass is 10.1. The van der Waals surface area contributed by atoms with Crippen molar-refractivity contribution in [3.63, 3.8) is 0 Å². The third kappa shape index (κ3) is 10.4. The molecule has 106 valence electrons. The first-order valence-electron chi connectivity index (χ1n) is 7.44. The molecule has 0 fully saturated rings. The van der Waals surface area contributed by atoms with Crippen molar-refractivity contribution in [1.82, 2.24) is 0 Å². The summed E-state index contributed by atoms with van der Waals surface area (Å²) < 4.78 is 5.23. The minimum Gasteiger partial charge on any atom is -0.459 e. The lowest BCUT2D eigenvalue weighted by Gasteiger charge is -2.12. The smallest absolute Gasteiger partial charge is 0.333 e. The van der Waals surface area contributed by atoms with Crippen molar-refractivity contribution < 1.29 is 9.53 Å². The molecule has 0 aliphatic rings. The van der Waals surface area contributed by atoms with Gasteiger partial charge in [0.05, 0.1) is 6.10 Å². The van der Waals surface area contributed by atoms with Crippen molar-refractivity contribution in [2.24, 2.45) is 0 Å². The van der Waals surface area contributed by atoms with E-state index in [1.165, 1.54) is 44.9 Å². The number of ether oxygens (including phenoxy) is 1. The molecule has 0 amide bonds. The molecule has 0 rings (SSSR count). The van der Waals surface area contributed by atoms with E-state index in [0.717, 1.165) is 12.8 Å². The van der Waals surface area contributed by atoms with E-state index in [0.29, 0.717) is 5.57 Å². The van der Waals surface area contributed by atoms with Crippen molar-refractivity contribution in [2.45, 2.75) is 84.7 Å². The minimum atomic E-state index is -0.262. The maximum atomic E-state index is 11.3. The largest absolute Gasteiger partial charge is 0.459 e. The Morgan fingerprint density at radius 3 is 2.06 bits per heavy atom. The van der Waals surface area contributed by atoms with Crippen LogP contribution >= 0.6 is 0 Å². The number of rotatable bonds is 11. The second-order valence-corrected chi connectivity index (χ2v) is 5.26. The third-order valence-corrected chi connectivity index (χ3v) is 3.12. The number of carbonyl (C=O) groups excluding carboxylic acids is 1. The summed E-state index contributed by atoms with van der Waals surface area (Å²) in [4.78, 5) is 11.3. The second kappa shape index (κ2) is 11.3. The highest BCUT2D eigenvalue weighted by Gasteiger charge is 2.09. The summed E-state index contributed by atoms with van der Waals surface area (Å²) in [5.41, 5.74) is 0.484. The molecule has 0 N–H and O–H groups in total. The van der Waals surface area contributed by atoms with E-state index in [2.05, 4.69) is 13.5 Å². The average molecular weight is 254 g/mol. The summed E-state index contributed by atoms with van der Waals surface area (Å²) in [6.45, 7) is 9.47. The Balaban J connectivity index is 3.32. The van der Waals surface area contributed by atoms with Gasteiger partial charge in [0, 0.05) is 5.57 Å². The monoisotopic (exact) mass is 254 g/mol. The van der Waals surface area contributed by atoms with E-state index in [1.54, 1.807) is 6.92 Å². The standard InChI is InChI=1S/C16H30O2/c1-5-6-7-8-9-10-11-12-13-15(4)18-16(17)14(2)3/h15H,2,5-13H2,1,3-4H3. The molecular weight excluding hydrogens is 224 g/mol. The normalized spacial score (nSPS) is 12.2. The van der Waals surface area contributed by atoms with Gasteiger partial charge in [-0.3, -0.25) is 0 Å². The van der Waals surface area contributed by atoms with Crippen molar-refractivity contribution in [3.8, 4) is 0 Å². The van der Waals surface area contributed by atoms with E-state index in [4.69, 9.17) is 4.74 Å². The van der Waals surface area contributed by atoms with Gasteiger partial charge < -0.3 is 4.74 Å². The van der Waals surface area contributed by atoms with Gasteiger partial charge in [-0.15, -0.1) is 0 Å². The quantitative estimate of drug-likeness (QED) is 0.294. The van der Waals surface area contributed by atoms with Crippen molar-refractivity contribution in [1.29, 1.82) is 0 Å². The van der Waals surface area contributed by atoms with Gasteiger partial charge in [0.2, 0.25) is 0 Å². The van der Waals surface area contributed by atoms with Crippen molar-refractivity contribution in [2.75, 3.05) is 0 Å². The van der Waals surface area contributed by atoms with Crippen LogP contribution in [0, 0.1) is 0 Å². The van der Waals surface area contributed by atoms with Gasteiger partial charge >= 0.3 is 5.97 Å². The van der Waals surface area contributed by atoms with E-state index >= 15 is 0 Å². The summed E-state index contributed by atoms with van der Waals surface area (Å²) in [7, 11) is 0. The molecule has 18 heavy (non-hydrogen) atoms. The molecule has 0 heterocycles. The number of hydrogen-bond donors (Lipinski definition) is 0. The van der Waals surface area contributed by atoms with Gasteiger partial charge in [-0.2, -0.15) is 0 Å². The molecule has 0 aromatic rings. The molecular formula is C16H30O2. The zero-order chi connectivity index (χ0) is 13.8. The van der Waals surface area contributed by atoms with Gasteiger partial charge in [-0.1, -0.05) is 58.4 Å². The van der Waals surface area contributed by atoms with Crippen molar-refractivity contribution in [3.05, 3.63) is 12.2 Å². The van der Waals surface area contributed by atoms with Crippen LogP contribution in [-0.4, -0.2) is 12.1 Å².